The third-order valence-corrected chi connectivity index (χ3v) is 4.30. The van der Waals surface area contributed by atoms with Crippen LogP contribution in [0.4, 0.5) is 5.69 Å². The van der Waals surface area contributed by atoms with Gasteiger partial charge in [-0.2, -0.15) is 0 Å². The molecule has 0 bridgehead atoms. The molecule has 27 heavy (non-hydrogen) atoms. The Hall–Kier alpha value is -2.82. The lowest BCUT2D eigenvalue weighted by atomic mass is 10.1. The Bertz CT molecular complexity index is 714. The number of Topliss-reactive ketones (excluding diaryl/α,β-unsaturated/α-hetero) is 1. The number of amides is 1. The first kappa shape index (κ1) is 20.5. The number of rotatable bonds is 11. The summed E-state index contributed by atoms with van der Waals surface area (Å²) in [7, 11) is 0. The van der Waals surface area contributed by atoms with Gasteiger partial charge in [0.05, 0.1) is 0 Å². The highest BCUT2D eigenvalue weighted by molar-refractivity contribution is 5.95. The van der Waals surface area contributed by atoms with Crippen molar-refractivity contribution in [2.24, 2.45) is 0 Å². The molecule has 0 saturated carbocycles. The molecule has 0 unspecified atom stereocenters. The Morgan fingerprint density at radius 2 is 1.70 bits per heavy atom. The van der Waals surface area contributed by atoms with E-state index >= 15 is 0 Å². The lowest BCUT2D eigenvalue weighted by molar-refractivity contribution is -0.123. The maximum atomic E-state index is 11.9. The van der Waals surface area contributed by atoms with E-state index in [9.17, 15) is 9.59 Å². The molecule has 0 atom stereocenters. The quantitative estimate of drug-likeness (QED) is 0.485. The van der Waals surface area contributed by atoms with Gasteiger partial charge in [-0.1, -0.05) is 25.1 Å². The van der Waals surface area contributed by atoms with Gasteiger partial charge in [-0.15, -0.1) is 0 Å². The van der Waals surface area contributed by atoms with Gasteiger partial charge >= 0.3 is 0 Å². The SMILES string of the molecule is CCC(=O)c1ccc(OCC(=O)NCCCN(CC)c2ccccc2)cc1. The Morgan fingerprint density at radius 3 is 2.33 bits per heavy atom. The van der Waals surface area contributed by atoms with Crippen molar-refractivity contribution in [2.45, 2.75) is 26.7 Å². The smallest absolute Gasteiger partial charge is 0.257 e. The van der Waals surface area contributed by atoms with Crippen molar-refractivity contribution < 1.29 is 14.3 Å². The summed E-state index contributed by atoms with van der Waals surface area (Å²) in [5, 5.41) is 2.88. The molecule has 5 heteroatoms. The van der Waals surface area contributed by atoms with Gasteiger partial charge in [-0.3, -0.25) is 9.59 Å². The maximum Gasteiger partial charge on any atom is 0.257 e. The van der Waals surface area contributed by atoms with Crippen LogP contribution in [0, 0.1) is 0 Å². The minimum atomic E-state index is -0.147. The van der Waals surface area contributed by atoms with Crippen LogP contribution in [0.25, 0.3) is 0 Å². The zero-order chi connectivity index (χ0) is 19.5. The van der Waals surface area contributed by atoms with E-state index in [4.69, 9.17) is 4.74 Å². The van der Waals surface area contributed by atoms with E-state index in [1.807, 2.05) is 25.1 Å². The molecule has 1 amide bonds. The Morgan fingerprint density at radius 1 is 1.00 bits per heavy atom. The molecular weight excluding hydrogens is 340 g/mol. The standard InChI is InChI=1S/C22H28N2O3/c1-3-21(25)18-11-13-20(14-12-18)27-17-22(26)23-15-8-16-24(4-2)19-9-6-5-7-10-19/h5-7,9-14H,3-4,8,15-17H2,1-2H3,(H,23,26). The second-order valence-electron chi connectivity index (χ2n) is 6.21. The van der Waals surface area contributed by atoms with Crippen molar-refractivity contribution in [3.63, 3.8) is 0 Å². The highest BCUT2D eigenvalue weighted by atomic mass is 16.5. The molecule has 0 aromatic heterocycles. The van der Waals surface area contributed by atoms with Crippen molar-refractivity contribution in [1.29, 1.82) is 0 Å². The Kier molecular flexibility index (Phi) is 8.36. The number of ketones is 1. The van der Waals surface area contributed by atoms with Crippen molar-refractivity contribution in [1.82, 2.24) is 5.32 Å². The molecule has 0 aliphatic carbocycles. The Balaban J connectivity index is 1.66. The molecular formula is C22H28N2O3. The molecule has 144 valence electrons. The molecule has 0 radical (unpaired) electrons. The van der Waals surface area contributed by atoms with Gasteiger partial charge in [0.1, 0.15) is 5.75 Å². The molecule has 0 heterocycles. The highest BCUT2D eigenvalue weighted by Crippen LogP contribution is 2.14. The van der Waals surface area contributed by atoms with Crippen LogP contribution in [-0.4, -0.2) is 37.9 Å². The van der Waals surface area contributed by atoms with Crippen LogP contribution in [-0.2, 0) is 4.79 Å². The van der Waals surface area contributed by atoms with Crippen molar-refractivity contribution in [3.05, 3.63) is 60.2 Å². The summed E-state index contributed by atoms with van der Waals surface area (Å²) in [5.41, 5.74) is 1.85. The summed E-state index contributed by atoms with van der Waals surface area (Å²) in [6.07, 6.45) is 1.34. The van der Waals surface area contributed by atoms with Gasteiger partial charge in [0.15, 0.2) is 12.4 Å². The number of carbonyl (C=O) groups is 2. The number of nitrogens with one attached hydrogen (secondary N) is 1. The Labute approximate surface area is 161 Å². The zero-order valence-corrected chi connectivity index (χ0v) is 16.1. The fourth-order valence-electron chi connectivity index (χ4n) is 2.75. The molecule has 2 aromatic rings. The van der Waals surface area contributed by atoms with Crippen LogP contribution in [0.15, 0.2) is 54.6 Å². The highest BCUT2D eigenvalue weighted by Gasteiger charge is 2.06. The number of anilines is 1. The lowest BCUT2D eigenvalue weighted by Gasteiger charge is -2.23. The summed E-state index contributed by atoms with van der Waals surface area (Å²) < 4.78 is 5.47. The van der Waals surface area contributed by atoms with Gasteiger partial charge in [0, 0.05) is 37.3 Å². The van der Waals surface area contributed by atoms with Gasteiger partial charge in [0.25, 0.3) is 5.91 Å². The van der Waals surface area contributed by atoms with E-state index < -0.39 is 0 Å². The maximum absolute atomic E-state index is 11.9. The first-order valence-electron chi connectivity index (χ1n) is 9.46. The van der Waals surface area contributed by atoms with Gasteiger partial charge in [0.2, 0.25) is 0 Å². The number of benzene rings is 2. The van der Waals surface area contributed by atoms with Crippen molar-refractivity contribution in [3.8, 4) is 5.75 Å². The van der Waals surface area contributed by atoms with Crippen LogP contribution in [0.3, 0.4) is 0 Å². The fourth-order valence-corrected chi connectivity index (χ4v) is 2.75. The number of hydrogen-bond acceptors (Lipinski definition) is 4. The molecule has 0 aliphatic heterocycles. The van der Waals surface area contributed by atoms with E-state index in [1.54, 1.807) is 24.3 Å². The minimum absolute atomic E-state index is 0.0305. The van der Waals surface area contributed by atoms with E-state index in [2.05, 4.69) is 29.3 Å². The molecule has 2 rings (SSSR count). The molecule has 1 N–H and O–H groups in total. The number of nitrogens with zero attached hydrogens (tertiary/aromatic N) is 1. The second kappa shape index (κ2) is 11.0. The van der Waals surface area contributed by atoms with Crippen LogP contribution in [0.5, 0.6) is 5.75 Å². The summed E-state index contributed by atoms with van der Waals surface area (Å²) in [5.74, 6) is 0.529. The largest absolute Gasteiger partial charge is 0.484 e. The minimum Gasteiger partial charge on any atom is -0.484 e. The van der Waals surface area contributed by atoms with Crippen LogP contribution in [0.2, 0.25) is 0 Å². The summed E-state index contributed by atoms with van der Waals surface area (Å²) >= 11 is 0. The lowest BCUT2D eigenvalue weighted by Crippen LogP contribution is -2.32. The first-order chi connectivity index (χ1) is 13.1. The summed E-state index contributed by atoms with van der Waals surface area (Å²) in [6.45, 7) is 6.34. The molecule has 0 spiro atoms. The number of para-hydroxylation sites is 1. The fraction of sp³-hybridized carbons (Fsp3) is 0.364. The molecule has 2 aromatic carbocycles. The first-order valence-corrected chi connectivity index (χ1v) is 9.46. The van der Waals surface area contributed by atoms with Crippen LogP contribution < -0.4 is 15.0 Å². The molecule has 0 saturated heterocycles. The molecule has 0 fully saturated rings. The van der Waals surface area contributed by atoms with Crippen molar-refractivity contribution in [2.75, 3.05) is 31.1 Å². The summed E-state index contributed by atoms with van der Waals surface area (Å²) in [4.78, 5) is 25.8. The van der Waals surface area contributed by atoms with Crippen LogP contribution >= 0.6 is 0 Å². The van der Waals surface area contributed by atoms with Crippen LogP contribution in [0.1, 0.15) is 37.0 Å². The normalized spacial score (nSPS) is 10.3. The third kappa shape index (κ3) is 6.77. The second-order valence-corrected chi connectivity index (χ2v) is 6.21. The third-order valence-electron chi connectivity index (χ3n) is 4.30. The predicted molar refractivity (Wildman–Crippen MR) is 109 cm³/mol. The van der Waals surface area contributed by atoms with E-state index in [1.165, 1.54) is 5.69 Å². The van der Waals surface area contributed by atoms with Crippen molar-refractivity contribution >= 4 is 17.4 Å². The van der Waals surface area contributed by atoms with Gasteiger partial charge < -0.3 is 15.0 Å². The molecule has 0 aliphatic rings. The average molecular weight is 368 g/mol. The van der Waals surface area contributed by atoms with E-state index in [0.29, 0.717) is 24.3 Å². The number of hydrogen-bond donors (Lipinski definition) is 1. The van der Waals surface area contributed by atoms with E-state index in [-0.39, 0.29) is 18.3 Å². The predicted octanol–water partition coefficient (Wildman–Crippen LogP) is 3.69. The van der Waals surface area contributed by atoms with Gasteiger partial charge in [-0.25, -0.2) is 0 Å². The monoisotopic (exact) mass is 368 g/mol. The zero-order valence-electron chi connectivity index (χ0n) is 16.1. The average Bonchev–Trinajstić information content (AvgIpc) is 2.72. The molecule has 5 nitrogen and oxygen atoms in total. The van der Waals surface area contributed by atoms with Gasteiger partial charge in [-0.05, 0) is 49.7 Å². The number of ether oxygens (including phenoxy) is 1. The number of carbonyl (C=O) groups excluding carboxylic acids is 2. The topological polar surface area (TPSA) is 58.6 Å². The van der Waals surface area contributed by atoms with E-state index in [0.717, 1.165) is 19.5 Å². The summed E-state index contributed by atoms with van der Waals surface area (Å²) in [6, 6.07) is 17.1.